The number of benzene rings is 1. The van der Waals surface area contributed by atoms with Gasteiger partial charge in [-0.25, -0.2) is 9.97 Å². The number of rotatable bonds is 3. The molecule has 0 radical (unpaired) electrons. The van der Waals surface area contributed by atoms with Gasteiger partial charge < -0.3 is 15.4 Å². The predicted octanol–water partition coefficient (Wildman–Crippen LogP) is 2.29. The summed E-state index contributed by atoms with van der Waals surface area (Å²) < 4.78 is 8.74. The lowest BCUT2D eigenvalue weighted by Gasteiger charge is -2.32. The normalized spacial score (nSPS) is 17.1. The zero-order chi connectivity index (χ0) is 20.9. The van der Waals surface area contributed by atoms with Crippen molar-refractivity contribution < 1.29 is 4.74 Å². The molecule has 1 fully saturated rings. The number of para-hydroxylation sites is 1. The van der Waals surface area contributed by atoms with E-state index in [2.05, 4.69) is 20.1 Å². The number of aromatic nitrogens is 7. The van der Waals surface area contributed by atoms with E-state index in [4.69, 9.17) is 20.6 Å². The van der Waals surface area contributed by atoms with Crippen LogP contribution in [-0.2, 0) is 0 Å². The van der Waals surface area contributed by atoms with Crippen molar-refractivity contribution in [3.63, 3.8) is 0 Å². The number of nitrogens with two attached hydrogens (primary N) is 1. The highest BCUT2D eigenvalue weighted by atomic mass is 16.5. The fraction of sp³-hybridized carbons (Fsp3) is 0.286. The Morgan fingerprint density at radius 2 is 2.06 bits per heavy atom. The number of hydrogen-bond acceptors (Lipinski definition) is 8. The summed E-state index contributed by atoms with van der Waals surface area (Å²) >= 11 is 0. The molecule has 6 rings (SSSR count). The predicted molar refractivity (Wildman–Crippen MR) is 116 cm³/mol. The maximum atomic E-state index is 6.22. The van der Waals surface area contributed by atoms with Gasteiger partial charge >= 0.3 is 0 Å². The fourth-order valence-corrected chi connectivity index (χ4v) is 4.45. The Hall–Kier alpha value is -3.95. The maximum absolute atomic E-state index is 6.22. The highest BCUT2D eigenvalue weighted by molar-refractivity contribution is 5.95. The molecular weight excluding hydrogens is 394 g/mol. The topological polar surface area (TPSA) is 112 Å². The van der Waals surface area contributed by atoms with E-state index in [1.165, 1.54) is 0 Å². The lowest BCUT2D eigenvalue weighted by atomic mass is 9.97. The molecule has 1 aliphatic heterocycles. The Bertz CT molecular complexity index is 1420. The van der Waals surface area contributed by atoms with Crippen LogP contribution in [0.25, 0.3) is 22.1 Å². The highest BCUT2D eigenvalue weighted by Gasteiger charge is 2.27. The summed E-state index contributed by atoms with van der Waals surface area (Å²) in [6.07, 6.45) is 5.67. The lowest BCUT2D eigenvalue weighted by Crippen LogP contribution is -2.34. The molecular formula is C21H21N9O. The zero-order valence-corrected chi connectivity index (χ0v) is 17.0. The van der Waals surface area contributed by atoms with Crippen LogP contribution in [0.3, 0.4) is 0 Å². The molecule has 0 saturated carbocycles. The number of ether oxygens (including phenoxy) is 1. The van der Waals surface area contributed by atoms with E-state index < -0.39 is 0 Å². The van der Waals surface area contributed by atoms with Gasteiger partial charge in [-0.3, -0.25) is 0 Å². The smallest absolute Gasteiger partial charge is 0.223 e. The number of nitrogen functional groups attached to an aromatic ring is 1. The van der Waals surface area contributed by atoms with Crippen molar-refractivity contribution in [1.82, 2.24) is 34.4 Å². The molecule has 1 aromatic carbocycles. The summed E-state index contributed by atoms with van der Waals surface area (Å²) in [7, 11) is 1.62. The number of nitrogens with zero attached hydrogens (tertiary/aromatic N) is 8. The summed E-state index contributed by atoms with van der Waals surface area (Å²) in [5.74, 6) is 1.93. The van der Waals surface area contributed by atoms with E-state index in [1.807, 2.05) is 36.5 Å². The van der Waals surface area contributed by atoms with Crippen molar-refractivity contribution in [2.24, 2.45) is 0 Å². The average molecular weight is 415 g/mol. The second kappa shape index (κ2) is 6.79. The van der Waals surface area contributed by atoms with Crippen LogP contribution in [0.1, 0.15) is 24.6 Å². The first-order chi connectivity index (χ1) is 15.2. The van der Waals surface area contributed by atoms with E-state index in [-0.39, 0.29) is 5.92 Å². The van der Waals surface area contributed by atoms with E-state index in [1.54, 1.807) is 22.5 Å². The van der Waals surface area contributed by atoms with Gasteiger partial charge in [0, 0.05) is 30.6 Å². The van der Waals surface area contributed by atoms with E-state index in [0.29, 0.717) is 22.9 Å². The van der Waals surface area contributed by atoms with Crippen molar-refractivity contribution >= 4 is 33.7 Å². The Labute approximate surface area is 177 Å². The Morgan fingerprint density at radius 1 is 1.13 bits per heavy atom. The van der Waals surface area contributed by atoms with Crippen molar-refractivity contribution in [3.05, 3.63) is 48.5 Å². The molecule has 5 aromatic rings. The lowest BCUT2D eigenvalue weighted by molar-refractivity contribution is 0.419. The molecule has 10 nitrogen and oxygen atoms in total. The first-order valence-electron chi connectivity index (χ1n) is 10.3. The van der Waals surface area contributed by atoms with Gasteiger partial charge in [-0.1, -0.05) is 6.07 Å². The van der Waals surface area contributed by atoms with Crippen molar-refractivity contribution in [2.75, 3.05) is 30.8 Å². The number of methoxy groups -OCH3 is 1. The molecule has 2 N–H and O–H groups in total. The minimum Gasteiger partial charge on any atom is -0.494 e. The molecule has 0 aliphatic carbocycles. The first-order valence-corrected chi connectivity index (χ1v) is 10.3. The molecule has 31 heavy (non-hydrogen) atoms. The second-order valence-electron chi connectivity index (χ2n) is 7.75. The van der Waals surface area contributed by atoms with Crippen molar-refractivity contribution in [2.45, 2.75) is 18.8 Å². The highest BCUT2D eigenvalue weighted by Crippen LogP contribution is 2.32. The van der Waals surface area contributed by atoms with Crippen LogP contribution in [0, 0.1) is 0 Å². The minimum absolute atomic E-state index is 0.181. The zero-order valence-electron chi connectivity index (χ0n) is 17.0. The fourth-order valence-electron chi connectivity index (χ4n) is 4.45. The van der Waals surface area contributed by atoms with Gasteiger partial charge in [-0.15, -0.1) is 9.73 Å². The van der Waals surface area contributed by atoms with Crippen molar-refractivity contribution in [1.29, 1.82) is 0 Å². The van der Waals surface area contributed by atoms with Gasteiger partial charge in [0.15, 0.2) is 11.5 Å². The molecule has 1 atom stereocenters. The van der Waals surface area contributed by atoms with Gasteiger partial charge in [-0.2, -0.15) is 14.7 Å². The van der Waals surface area contributed by atoms with Crippen LogP contribution in [0.4, 0.5) is 11.6 Å². The van der Waals surface area contributed by atoms with Crippen molar-refractivity contribution in [3.8, 4) is 5.75 Å². The van der Waals surface area contributed by atoms with Gasteiger partial charge in [-0.05, 0) is 37.1 Å². The third-order valence-electron chi connectivity index (χ3n) is 5.94. The summed E-state index contributed by atoms with van der Waals surface area (Å²) in [5.41, 5.74) is 9.70. The van der Waals surface area contributed by atoms with Gasteiger partial charge in [0.25, 0.3) is 0 Å². The van der Waals surface area contributed by atoms with Crippen LogP contribution >= 0.6 is 0 Å². The largest absolute Gasteiger partial charge is 0.494 e. The van der Waals surface area contributed by atoms with Crippen LogP contribution in [0.15, 0.2) is 42.7 Å². The number of anilines is 2. The molecule has 1 saturated heterocycles. The molecule has 0 unspecified atom stereocenters. The van der Waals surface area contributed by atoms with Crippen LogP contribution in [-0.4, -0.2) is 54.6 Å². The maximum Gasteiger partial charge on any atom is 0.223 e. The molecule has 1 aliphatic rings. The number of hydrogen-bond donors (Lipinski definition) is 1. The molecule has 0 bridgehead atoms. The van der Waals surface area contributed by atoms with Crippen LogP contribution in [0.2, 0.25) is 0 Å². The minimum atomic E-state index is 0.181. The Morgan fingerprint density at radius 3 is 2.97 bits per heavy atom. The monoisotopic (exact) mass is 415 g/mol. The molecule has 5 heterocycles. The van der Waals surface area contributed by atoms with Gasteiger partial charge in [0.2, 0.25) is 5.95 Å². The number of piperidine rings is 1. The van der Waals surface area contributed by atoms with Gasteiger partial charge in [0.05, 0.1) is 19.0 Å². The summed E-state index contributed by atoms with van der Waals surface area (Å²) in [4.78, 5) is 11.7. The summed E-state index contributed by atoms with van der Waals surface area (Å²) in [6.45, 7) is 1.77. The second-order valence-corrected chi connectivity index (χ2v) is 7.75. The van der Waals surface area contributed by atoms with E-state index in [0.717, 1.165) is 48.3 Å². The third-order valence-corrected chi connectivity index (χ3v) is 5.94. The van der Waals surface area contributed by atoms with Crippen LogP contribution < -0.4 is 15.4 Å². The standard InChI is InChI=1S/C21H21N9O/c1-31-17-8-2-6-14-18(17)25-21(22)29-20(14)26-19(27-29)13-5-4-10-28(12-13)16-11-24-30-15(16)7-3-9-23-30/h2-3,6-9,11,13H,4-5,10,12H2,1H3,(H2,22,25)/t13-/m1/s1. The third kappa shape index (κ3) is 2.75. The number of fused-ring (bicyclic) bond motifs is 4. The average Bonchev–Trinajstić information content (AvgIpc) is 3.45. The molecule has 156 valence electrons. The molecule has 0 amide bonds. The Balaban J connectivity index is 1.40. The van der Waals surface area contributed by atoms with Crippen LogP contribution in [0.5, 0.6) is 5.75 Å². The SMILES string of the molecule is COc1cccc2c1nc(N)n1nc([C@@H]3CCCN(c4cnn5ncccc45)C3)nc21. The Kier molecular flexibility index (Phi) is 3.92. The molecule has 0 spiro atoms. The summed E-state index contributed by atoms with van der Waals surface area (Å²) in [5, 5.41) is 14.3. The molecule has 4 aromatic heterocycles. The molecule has 10 heteroatoms. The van der Waals surface area contributed by atoms with Gasteiger partial charge in [0.1, 0.15) is 16.8 Å². The summed E-state index contributed by atoms with van der Waals surface area (Å²) in [6, 6.07) is 9.73. The van der Waals surface area contributed by atoms with E-state index in [9.17, 15) is 0 Å². The first kappa shape index (κ1) is 17.9. The quantitative estimate of drug-likeness (QED) is 0.478. The van der Waals surface area contributed by atoms with E-state index >= 15 is 0 Å².